The Morgan fingerprint density at radius 3 is 1.05 bits per heavy atom. The van der Waals surface area contributed by atoms with Crippen LogP contribution in [0, 0.1) is 0 Å². The van der Waals surface area contributed by atoms with Gasteiger partial charge in [-0.2, -0.15) is 95.9 Å². The standard InChI is InChI=1S/C15H9F9O4S.C14H7F9O4S/c1-27-10-4-2-8-3-5-11(7-9(8)6-10)28-29(25,26)15(23,24)13(18,19)12(16,17)14(20,21)22;15-11(16,13(19,20)21)12(17,18)14(22,23)28(25,26)27-10-4-2-7-1-3-9(24)5-8(7)6-10/h2-7H,1H3;1-6,24H. The third kappa shape index (κ3) is 8.18. The van der Waals surface area contributed by atoms with Crippen molar-refractivity contribution in [2.45, 2.75) is 46.6 Å². The Labute approximate surface area is 305 Å². The predicted molar refractivity (Wildman–Crippen MR) is 157 cm³/mol. The fourth-order valence-corrected chi connectivity index (χ4v) is 5.85. The molecule has 28 heteroatoms. The molecule has 57 heavy (non-hydrogen) atoms. The maximum absolute atomic E-state index is 13.7. The van der Waals surface area contributed by atoms with E-state index in [1.165, 1.54) is 37.4 Å². The Balaban J connectivity index is 0.000000306. The van der Waals surface area contributed by atoms with Crippen LogP contribution in [-0.2, 0) is 20.2 Å². The molecule has 0 radical (unpaired) electrons. The van der Waals surface area contributed by atoms with Gasteiger partial charge in [-0.15, -0.1) is 0 Å². The molecular formula is C29H16F18O8S2. The van der Waals surface area contributed by atoms with Crippen LogP contribution in [0.15, 0.2) is 72.8 Å². The minimum Gasteiger partial charge on any atom is -0.508 e. The topological polar surface area (TPSA) is 116 Å². The average Bonchev–Trinajstić information content (AvgIpc) is 3.06. The Morgan fingerprint density at radius 1 is 0.421 bits per heavy atom. The first-order chi connectivity index (χ1) is 25.4. The molecule has 0 atom stereocenters. The number of rotatable bonds is 11. The number of phenolic OH excluding ortho intramolecular Hbond substituents is 1. The van der Waals surface area contributed by atoms with Crippen LogP contribution in [0.3, 0.4) is 0 Å². The number of methoxy groups -OCH3 is 1. The van der Waals surface area contributed by atoms with Crippen LogP contribution in [-0.4, -0.2) is 75.6 Å². The van der Waals surface area contributed by atoms with E-state index < -0.39 is 78.3 Å². The van der Waals surface area contributed by atoms with Gasteiger partial charge in [-0.1, -0.05) is 24.3 Å². The first-order valence-electron chi connectivity index (χ1n) is 14.0. The molecule has 4 aromatic carbocycles. The molecule has 0 amide bonds. The summed E-state index contributed by atoms with van der Waals surface area (Å²) in [7, 11) is -12.8. The lowest BCUT2D eigenvalue weighted by molar-refractivity contribution is -0.382. The summed E-state index contributed by atoms with van der Waals surface area (Å²) in [6, 6.07) is 12.5. The van der Waals surface area contributed by atoms with Crippen LogP contribution in [0.4, 0.5) is 79.0 Å². The van der Waals surface area contributed by atoms with Gasteiger partial charge < -0.3 is 18.2 Å². The van der Waals surface area contributed by atoms with E-state index in [9.17, 15) is 101 Å². The Morgan fingerprint density at radius 2 is 0.719 bits per heavy atom. The second-order valence-corrected chi connectivity index (χ2v) is 14.1. The van der Waals surface area contributed by atoms with Crippen molar-refractivity contribution in [3.63, 3.8) is 0 Å². The van der Waals surface area contributed by atoms with Crippen LogP contribution in [0.25, 0.3) is 21.5 Å². The fraction of sp³-hybridized carbons (Fsp3) is 0.310. The highest BCUT2D eigenvalue weighted by atomic mass is 32.2. The number of fused-ring (bicyclic) bond motifs is 2. The summed E-state index contributed by atoms with van der Waals surface area (Å²) in [6.07, 6.45) is -14.3. The lowest BCUT2D eigenvalue weighted by Gasteiger charge is -2.32. The van der Waals surface area contributed by atoms with Crippen LogP contribution in [0.1, 0.15) is 0 Å². The number of aromatic hydroxyl groups is 1. The minimum absolute atomic E-state index is 0.0385. The average molecular weight is 899 g/mol. The van der Waals surface area contributed by atoms with E-state index in [0.29, 0.717) is 29.0 Å². The summed E-state index contributed by atoms with van der Waals surface area (Å²) >= 11 is 0. The van der Waals surface area contributed by atoms with Gasteiger partial charge in [-0.25, -0.2) is 0 Å². The van der Waals surface area contributed by atoms with E-state index >= 15 is 0 Å². The van der Waals surface area contributed by atoms with E-state index in [2.05, 4.69) is 8.37 Å². The normalized spacial score (nSPS) is 14.2. The van der Waals surface area contributed by atoms with Crippen molar-refractivity contribution < 1.29 is 114 Å². The van der Waals surface area contributed by atoms with Crippen molar-refractivity contribution in [3.8, 4) is 23.0 Å². The summed E-state index contributed by atoms with van der Waals surface area (Å²) in [5, 5.41) is -3.85. The van der Waals surface area contributed by atoms with E-state index in [1.807, 2.05) is 0 Å². The molecule has 8 nitrogen and oxygen atoms in total. The summed E-state index contributed by atoms with van der Waals surface area (Å²) in [6.45, 7) is 0. The highest BCUT2D eigenvalue weighted by molar-refractivity contribution is 7.88. The molecule has 0 unspecified atom stereocenters. The highest BCUT2D eigenvalue weighted by Gasteiger charge is 2.87. The maximum Gasteiger partial charge on any atom is 0.460 e. The number of benzene rings is 4. The molecule has 318 valence electrons. The number of hydrogen-bond donors (Lipinski definition) is 1. The SMILES string of the molecule is COc1ccc2ccc(OS(=O)(=O)C(F)(F)C(F)(F)C(F)(F)C(F)(F)F)cc2c1.O=S(=O)(Oc1ccc2ccc(O)cc2c1)C(F)(F)C(F)(F)C(F)(F)C(F)(F)F. The first kappa shape index (κ1) is 46.6. The Hall–Kier alpha value is -4.76. The minimum atomic E-state index is -7.38. The van der Waals surface area contributed by atoms with E-state index in [-0.39, 0.29) is 22.3 Å². The molecule has 0 aliphatic carbocycles. The number of ether oxygens (including phenoxy) is 1. The number of alkyl halides is 18. The van der Waals surface area contributed by atoms with Gasteiger partial charge in [0.05, 0.1) is 7.11 Å². The second kappa shape index (κ2) is 14.6. The van der Waals surface area contributed by atoms with Gasteiger partial charge in [0.1, 0.15) is 23.0 Å². The van der Waals surface area contributed by atoms with Crippen molar-refractivity contribution in [1.82, 2.24) is 0 Å². The van der Waals surface area contributed by atoms with Gasteiger partial charge in [-0.3, -0.25) is 0 Å². The van der Waals surface area contributed by atoms with E-state index in [0.717, 1.165) is 24.3 Å². The molecular weight excluding hydrogens is 882 g/mol. The summed E-state index contributed by atoms with van der Waals surface area (Å²) in [5.74, 6) is -31.8. The molecule has 0 bridgehead atoms. The molecule has 0 aliphatic heterocycles. The van der Waals surface area contributed by atoms with E-state index in [4.69, 9.17) is 4.74 Å². The third-order valence-electron chi connectivity index (χ3n) is 7.09. The molecule has 1 N–H and O–H groups in total. The molecule has 4 rings (SSSR count). The second-order valence-electron chi connectivity index (χ2n) is 11.0. The summed E-state index contributed by atoms with van der Waals surface area (Å²) in [4.78, 5) is 0. The molecule has 0 aromatic heterocycles. The monoisotopic (exact) mass is 898 g/mol. The Bertz CT molecular complexity index is 2340. The van der Waals surface area contributed by atoms with Gasteiger partial charge in [0.25, 0.3) is 0 Å². The molecule has 0 saturated heterocycles. The Kier molecular flexibility index (Phi) is 11.9. The smallest absolute Gasteiger partial charge is 0.460 e. The molecule has 4 aromatic rings. The van der Waals surface area contributed by atoms with Crippen molar-refractivity contribution in [2.75, 3.05) is 7.11 Å². The van der Waals surface area contributed by atoms with Gasteiger partial charge >= 0.3 is 66.8 Å². The zero-order chi connectivity index (χ0) is 44.2. The van der Waals surface area contributed by atoms with Crippen LogP contribution >= 0.6 is 0 Å². The number of halogens is 18. The molecule has 0 saturated carbocycles. The lowest BCUT2D eigenvalue weighted by Crippen LogP contribution is -2.63. The van der Waals surface area contributed by atoms with Crippen molar-refractivity contribution in [3.05, 3.63) is 72.8 Å². The van der Waals surface area contributed by atoms with Gasteiger partial charge in [-0.05, 0) is 70.1 Å². The van der Waals surface area contributed by atoms with Gasteiger partial charge in [0, 0.05) is 0 Å². The maximum atomic E-state index is 13.7. The molecule has 0 heterocycles. The third-order valence-corrected chi connectivity index (χ3v) is 9.68. The zero-order valence-electron chi connectivity index (χ0n) is 26.9. The molecule has 0 aliphatic rings. The first-order valence-corrected chi connectivity index (χ1v) is 16.8. The van der Waals surface area contributed by atoms with E-state index in [1.54, 1.807) is 0 Å². The molecule has 0 fully saturated rings. The van der Waals surface area contributed by atoms with Gasteiger partial charge in [0.2, 0.25) is 0 Å². The molecule has 0 spiro atoms. The fourth-order valence-electron chi connectivity index (χ4n) is 4.04. The van der Waals surface area contributed by atoms with Crippen molar-refractivity contribution in [1.29, 1.82) is 0 Å². The zero-order valence-corrected chi connectivity index (χ0v) is 28.5. The van der Waals surface area contributed by atoms with Gasteiger partial charge in [0.15, 0.2) is 0 Å². The lowest BCUT2D eigenvalue weighted by atomic mass is 10.1. The highest BCUT2D eigenvalue weighted by Crippen LogP contribution is 2.56. The summed E-state index contributed by atoms with van der Waals surface area (Å²) in [5.41, 5.74) is 0. The number of hydrogen-bond acceptors (Lipinski definition) is 8. The number of phenols is 1. The van der Waals surface area contributed by atoms with Crippen LogP contribution in [0.2, 0.25) is 0 Å². The van der Waals surface area contributed by atoms with Crippen LogP contribution in [0.5, 0.6) is 23.0 Å². The largest absolute Gasteiger partial charge is 0.508 e. The van der Waals surface area contributed by atoms with Crippen molar-refractivity contribution >= 4 is 41.8 Å². The van der Waals surface area contributed by atoms with Crippen molar-refractivity contribution in [2.24, 2.45) is 0 Å². The quantitative estimate of drug-likeness (QED) is 0.117. The predicted octanol–water partition coefficient (Wildman–Crippen LogP) is 9.66. The summed E-state index contributed by atoms with van der Waals surface area (Å²) < 4.78 is 290. The van der Waals surface area contributed by atoms with Crippen LogP contribution < -0.4 is 13.1 Å².